The maximum absolute atomic E-state index is 12.5. The van der Waals surface area contributed by atoms with Crippen LogP contribution in [0.1, 0.15) is 80.1 Å². The summed E-state index contributed by atoms with van der Waals surface area (Å²) in [5.41, 5.74) is 4.56. The molecule has 0 aromatic rings. The van der Waals surface area contributed by atoms with Crippen LogP contribution < -0.4 is 0 Å². The summed E-state index contributed by atoms with van der Waals surface area (Å²) in [4.78, 5) is 12.5. The molecule has 0 heterocycles. The molecule has 1 spiro atoms. The smallest absolute Gasteiger partial charge is 0.192 e. The molecule has 3 heteroatoms. The number of ketones is 1. The highest BCUT2D eigenvalue weighted by molar-refractivity contribution is 6.74. The molecule has 27 heavy (non-hydrogen) atoms. The van der Waals surface area contributed by atoms with Crippen molar-refractivity contribution in [1.82, 2.24) is 0 Å². The molecule has 0 radical (unpaired) electrons. The van der Waals surface area contributed by atoms with Gasteiger partial charge < -0.3 is 4.43 Å². The van der Waals surface area contributed by atoms with Gasteiger partial charge in [-0.2, -0.15) is 0 Å². The second-order valence-corrected chi connectivity index (χ2v) is 16.0. The summed E-state index contributed by atoms with van der Waals surface area (Å²) in [7, 11) is -1.88. The van der Waals surface area contributed by atoms with E-state index in [2.05, 4.69) is 54.6 Å². The minimum Gasteiger partial charge on any atom is -0.413 e. The molecular formula is C24H40O2Si. The molecule has 2 nitrogen and oxygen atoms in total. The van der Waals surface area contributed by atoms with Crippen molar-refractivity contribution in [3.8, 4) is 0 Å². The Morgan fingerprint density at radius 2 is 1.81 bits per heavy atom. The van der Waals surface area contributed by atoms with Crippen molar-refractivity contribution in [1.29, 1.82) is 0 Å². The number of carbonyl (C=O) groups excluding carboxylic acids is 1. The Kier molecular flexibility index (Phi) is 5.44. The molecule has 2 fully saturated rings. The summed E-state index contributed by atoms with van der Waals surface area (Å²) >= 11 is 0. The van der Waals surface area contributed by atoms with Gasteiger partial charge in [0.2, 0.25) is 0 Å². The Bertz CT molecular complexity index is 675. The summed E-state index contributed by atoms with van der Waals surface area (Å²) in [6.45, 7) is 18.5. The Morgan fingerprint density at radius 3 is 2.41 bits per heavy atom. The van der Waals surface area contributed by atoms with Crippen molar-refractivity contribution in [3.63, 3.8) is 0 Å². The fourth-order valence-corrected chi connectivity index (χ4v) is 6.75. The number of hydrogen-bond donors (Lipinski definition) is 0. The van der Waals surface area contributed by atoms with Gasteiger partial charge in [-0.15, -0.1) is 0 Å². The molecule has 3 rings (SSSR count). The third kappa shape index (κ3) is 3.66. The third-order valence-electron chi connectivity index (χ3n) is 8.15. The van der Waals surface area contributed by atoms with E-state index in [1.165, 1.54) is 30.4 Å². The van der Waals surface area contributed by atoms with Gasteiger partial charge in [-0.25, -0.2) is 0 Å². The second-order valence-electron chi connectivity index (χ2n) is 11.2. The maximum Gasteiger partial charge on any atom is 0.192 e. The minimum absolute atomic E-state index is 0.0505. The second kappa shape index (κ2) is 6.98. The highest BCUT2D eigenvalue weighted by Crippen LogP contribution is 2.59. The zero-order chi connectivity index (χ0) is 20.2. The van der Waals surface area contributed by atoms with Crippen LogP contribution in [0.2, 0.25) is 18.1 Å². The van der Waals surface area contributed by atoms with Gasteiger partial charge in [0.15, 0.2) is 14.1 Å². The van der Waals surface area contributed by atoms with Crippen LogP contribution in [0, 0.1) is 17.3 Å². The quantitative estimate of drug-likeness (QED) is 0.383. The fraction of sp³-hybridized carbons (Fsp3) is 0.792. The molecule has 3 aliphatic carbocycles. The molecule has 0 amide bonds. The summed E-state index contributed by atoms with van der Waals surface area (Å²) in [6, 6.07) is 0. The van der Waals surface area contributed by atoms with Crippen LogP contribution in [0.4, 0.5) is 0 Å². The normalized spacial score (nSPS) is 34.7. The SMILES string of the molecule is CC(C)=C1CCC2CCC3=CC(=O)[C@H](C)CC3(C1)C2O[Si](C)(C)C(C)(C)C. The predicted octanol–water partition coefficient (Wildman–Crippen LogP) is 6.83. The first-order valence-corrected chi connectivity index (χ1v) is 13.9. The lowest BCUT2D eigenvalue weighted by molar-refractivity contribution is -0.121. The Hall–Kier alpha value is -0.673. The van der Waals surface area contributed by atoms with E-state index in [0.717, 1.165) is 19.3 Å². The molecular weight excluding hydrogens is 348 g/mol. The largest absolute Gasteiger partial charge is 0.413 e. The van der Waals surface area contributed by atoms with Gasteiger partial charge in [0.05, 0.1) is 6.10 Å². The van der Waals surface area contributed by atoms with Gasteiger partial charge in [0, 0.05) is 11.3 Å². The van der Waals surface area contributed by atoms with Crippen LogP contribution >= 0.6 is 0 Å². The van der Waals surface area contributed by atoms with Crippen molar-refractivity contribution >= 4 is 14.1 Å². The highest BCUT2D eigenvalue weighted by atomic mass is 28.4. The average Bonchev–Trinajstić information content (AvgIpc) is 2.62. The van der Waals surface area contributed by atoms with Crippen LogP contribution in [-0.2, 0) is 9.22 Å². The van der Waals surface area contributed by atoms with Crippen LogP contribution in [0.25, 0.3) is 0 Å². The van der Waals surface area contributed by atoms with Gasteiger partial charge in [0.1, 0.15) is 0 Å². The lowest BCUT2D eigenvalue weighted by atomic mass is 9.57. The molecule has 2 saturated carbocycles. The van der Waals surface area contributed by atoms with Crippen molar-refractivity contribution in [2.75, 3.05) is 0 Å². The summed E-state index contributed by atoms with van der Waals surface area (Å²) in [5.74, 6) is 1.09. The van der Waals surface area contributed by atoms with E-state index >= 15 is 0 Å². The molecule has 0 N–H and O–H groups in total. The van der Waals surface area contributed by atoms with Crippen molar-refractivity contribution < 1.29 is 9.22 Å². The van der Waals surface area contributed by atoms with Crippen LogP contribution in [0.3, 0.4) is 0 Å². The maximum atomic E-state index is 12.5. The van der Waals surface area contributed by atoms with E-state index in [-0.39, 0.29) is 22.5 Å². The van der Waals surface area contributed by atoms with Gasteiger partial charge in [-0.05, 0) is 82.5 Å². The first kappa shape index (κ1) is 21.0. The number of fused-ring (bicyclic) bond motifs is 1. The lowest BCUT2D eigenvalue weighted by Crippen LogP contribution is -2.55. The zero-order valence-electron chi connectivity index (χ0n) is 18.9. The Balaban J connectivity index is 2.12. The van der Waals surface area contributed by atoms with Gasteiger partial charge in [-0.1, -0.05) is 44.4 Å². The molecule has 0 aliphatic heterocycles. The fourth-order valence-electron chi connectivity index (χ4n) is 5.34. The number of hydrogen-bond acceptors (Lipinski definition) is 2. The minimum atomic E-state index is -1.88. The average molecular weight is 389 g/mol. The first-order chi connectivity index (χ1) is 12.4. The number of rotatable bonds is 2. The molecule has 2 bridgehead atoms. The van der Waals surface area contributed by atoms with E-state index in [4.69, 9.17) is 4.43 Å². The topological polar surface area (TPSA) is 26.3 Å². The van der Waals surface area contributed by atoms with E-state index in [0.29, 0.717) is 11.7 Å². The third-order valence-corrected chi connectivity index (χ3v) is 12.6. The van der Waals surface area contributed by atoms with Gasteiger partial charge in [-0.3, -0.25) is 4.79 Å². The standard InChI is InChI=1S/C24H40O2Si/c1-16(2)19-10-9-18-11-12-20-13-21(25)17(3)14-24(20,15-19)22(18)26-27(7,8)23(4,5)6/h13,17-18,22H,9-12,14-15H2,1-8H3/t17-,18?,22?,24?/m1/s1. The van der Waals surface area contributed by atoms with Crippen LogP contribution in [0.5, 0.6) is 0 Å². The van der Waals surface area contributed by atoms with E-state index in [1.54, 1.807) is 5.57 Å². The van der Waals surface area contributed by atoms with E-state index < -0.39 is 8.32 Å². The summed E-state index contributed by atoms with van der Waals surface area (Å²) in [6.07, 6.45) is 9.13. The number of carbonyl (C=O) groups is 1. The van der Waals surface area contributed by atoms with Crippen molar-refractivity contribution in [2.24, 2.45) is 17.3 Å². The molecule has 4 atom stereocenters. The van der Waals surface area contributed by atoms with Crippen molar-refractivity contribution in [2.45, 2.75) is 104 Å². The molecule has 0 aromatic heterocycles. The van der Waals surface area contributed by atoms with E-state index in [1.807, 2.05) is 6.08 Å². The van der Waals surface area contributed by atoms with Crippen molar-refractivity contribution in [3.05, 3.63) is 22.8 Å². The summed E-state index contributed by atoms with van der Waals surface area (Å²) < 4.78 is 7.23. The Labute approximate surface area is 168 Å². The van der Waals surface area contributed by atoms with Gasteiger partial charge >= 0.3 is 0 Å². The molecule has 3 unspecified atom stereocenters. The summed E-state index contributed by atoms with van der Waals surface area (Å²) in [5, 5.41) is 0.212. The zero-order valence-corrected chi connectivity index (χ0v) is 19.9. The van der Waals surface area contributed by atoms with Crippen LogP contribution in [-0.4, -0.2) is 20.2 Å². The number of allylic oxidation sites excluding steroid dienone is 3. The molecule has 152 valence electrons. The molecule has 3 aliphatic rings. The monoisotopic (exact) mass is 388 g/mol. The first-order valence-electron chi connectivity index (χ1n) is 11.0. The van der Waals surface area contributed by atoms with Gasteiger partial charge in [0.25, 0.3) is 0 Å². The lowest BCUT2D eigenvalue weighted by Gasteiger charge is -2.54. The molecule has 0 aromatic carbocycles. The predicted molar refractivity (Wildman–Crippen MR) is 116 cm³/mol. The van der Waals surface area contributed by atoms with Crippen LogP contribution in [0.15, 0.2) is 22.8 Å². The highest BCUT2D eigenvalue weighted by Gasteiger charge is 2.56. The Morgan fingerprint density at radius 1 is 1.19 bits per heavy atom. The molecule has 0 saturated heterocycles. The van der Waals surface area contributed by atoms with E-state index in [9.17, 15) is 4.79 Å².